The molecule has 0 aliphatic rings. The van der Waals surface area contributed by atoms with Crippen LogP contribution in [0.5, 0.6) is 0 Å². The molecule has 1 aromatic heterocycles. The molecule has 2 rings (SSSR count). The van der Waals surface area contributed by atoms with Crippen molar-refractivity contribution < 1.29 is 4.92 Å². The molecule has 0 radical (unpaired) electrons. The molecule has 2 N–H and O–H groups in total. The molecule has 100 valence electrons. The lowest BCUT2D eigenvalue weighted by Crippen LogP contribution is -1.99. The van der Waals surface area contributed by atoms with E-state index in [0.717, 1.165) is 17.8 Å². The van der Waals surface area contributed by atoms with E-state index in [9.17, 15) is 10.1 Å². The third kappa shape index (κ3) is 3.25. The molecule has 0 fully saturated rings. The van der Waals surface area contributed by atoms with Gasteiger partial charge in [0.1, 0.15) is 5.01 Å². The summed E-state index contributed by atoms with van der Waals surface area (Å²) in [5, 5.41) is 20.7. The van der Waals surface area contributed by atoms with Gasteiger partial charge in [0.15, 0.2) is 5.01 Å². The number of nitro benzene ring substituents is 1. The zero-order valence-electron chi connectivity index (χ0n) is 9.88. The molecular formula is C11H11ClN4O2S. The molecule has 0 amide bonds. The fraction of sp³-hybridized carbons (Fsp3) is 0.273. The maximum absolute atomic E-state index is 11.0. The van der Waals surface area contributed by atoms with Gasteiger partial charge in [0.05, 0.1) is 10.5 Å². The van der Waals surface area contributed by atoms with E-state index < -0.39 is 4.92 Å². The Bertz CT molecular complexity index is 602. The summed E-state index contributed by atoms with van der Waals surface area (Å²) >= 11 is 7.11. The quantitative estimate of drug-likeness (QED) is 0.676. The highest BCUT2D eigenvalue weighted by Gasteiger charge is 2.19. The van der Waals surface area contributed by atoms with E-state index in [1.807, 2.05) is 0 Å². The summed E-state index contributed by atoms with van der Waals surface area (Å²) in [4.78, 5) is 10.5. The third-order valence-corrected chi connectivity index (χ3v) is 3.70. The van der Waals surface area contributed by atoms with Gasteiger partial charge >= 0.3 is 0 Å². The second kappa shape index (κ2) is 6.05. The summed E-state index contributed by atoms with van der Waals surface area (Å²) in [6, 6.07) is 4.51. The minimum Gasteiger partial charge on any atom is -0.330 e. The first-order chi connectivity index (χ1) is 9.11. The lowest BCUT2D eigenvalue weighted by Gasteiger charge is -1.98. The average molecular weight is 299 g/mol. The van der Waals surface area contributed by atoms with E-state index >= 15 is 0 Å². The molecular weight excluding hydrogens is 288 g/mol. The topological polar surface area (TPSA) is 94.9 Å². The number of aryl methyl sites for hydroxylation is 1. The molecule has 1 heterocycles. The van der Waals surface area contributed by atoms with Crippen molar-refractivity contribution in [2.75, 3.05) is 6.54 Å². The highest BCUT2D eigenvalue weighted by atomic mass is 35.5. The van der Waals surface area contributed by atoms with Crippen molar-refractivity contribution in [1.29, 1.82) is 0 Å². The smallest absolute Gasteiger partial charge is 0.281 e. The van der Waals surface area contributed by atoms with E-state index in [4.69, 9.17) is 17.3 Å². The summed E-state index contributed by atoms with van der Waals surface area (Å²) < 4.78 is 0. The number of hydrogen-bond acceptors (Lipinski definition) is 6. The van der Waals surface area contributed by atoms with E-state index in [-0.39, 0.29) is 5.69 Å². The Morgan fingerprint density at radius 1 is 1.42 bits per heavy atom. The lowest BCUT2D eigenvalue weighted by molar-refractivity contribution is -0.384. The highest BCUT2D eigenvalue weighted by molar-refractivity contribution is 7.14. The summed E-state index contributed by atoms with van der Waals surface area (Å²) in [5.41, 5.74) is 5.80. The van der Waals surface area contributed by atoms with Crippen molar-refractivity contribution in [2.45, 2.75) is 12.8 Å². The maximum Gasteiger partial charge on any atom is 0.281 e. The van der Waals surface area contributed by atoms with Crippen LogP contribution in [-0.4, -0.2) is 21.7 Å². The van der Waals surface area contributed by atoms with Crippen molar-refractivity contribution >= 4 is 28.6 Å². The van der Waals surface area contributed by atoms with E-state index in [1.54, 1.807) is 12.1 Å². The third-order valence-electron chi connectivity index (χ3n) is 2.45. The molecule has 0 bridgehead atoms. The van der Waals surface area contributed by atoms with Crippen LogP contribution in [0, 0.1) is 10.1 Å². The highest BCUT2D eigenvalue weighted by Crippen LogP contribution is 2.34. The molecule has 0 saturated carbocycles. The number of halogens is 1. The normalized spacial score (nSPS) is 10.6. The Morgan fingerprint density at radius 2 is 2.21 bits per heavy atom. The van der Waals surface area contributed by atoms with Crippen LogP contribution in [0.25, 0.3) is 10.6 Å². The first kappa shape index (κ1) is 13.9. The molecule has 1 aromatic carbocycles. The SMILES string of the molecule is NCCCc1nnc(-c2ccc(Cl)cc2[N+](=O)[O-])s1. The molecule has 6 nitrogen and oxygen atoms in total. The zero-order chi connectivity index (χ0) is 13.8. The van der Waals surface area contributed by atoms with Gasteiger partial charge in [-0.3, -0.25) is 10.1 Å². The minimum absolute atomic E-state index is 0.0611. The summed E-state index contributed by atoms with van der Waals surface area (Å²) in [6.45, 7) is 0.579. The van der Waals surface area contributed by atoms with Crippen molar-refractivity contribution in [3.63, 3.8) is 0 Å². The summed E-state index contributed by atoms with van der Waals surface area (Å²) in [7, 11) is 0. The van der Waals surface area contributed by atoms with Gasteiger partial charge in [-0.1, -0.05) is 22.9 Å². The monoisotopic (exact) mass is 298 g/mol. The number of nitro groups is 1. The Labute approximate surface area is 118 Å². The molecule has 2 aromatic rings. The molecule has 0 saturated heterocycles. The van der Waals surface area contributed by atoms with Crippen molar-refractivity contribution in [1.82, 2.24) is 10.2 Å². The molecule has 0 spiro atoms. The summed E-state index contributed by atoms with van der Waals surface area (Å²) in [6.07, 6.45) is 1.55. The first-order valence-electron chi connectivity index (χ1n) is 5.58. The molecule has 0 atom stereocenters. The first-order valence-corrected chi connectivity index (χ1v) is 6.78. The molecule has 8 heteroatoms. The number of nitrogens with two attached hydrogens (primary N) is 1. The summed E-state index contributed by atoms with van der Waals surface area (Å²) in [5.74, 6) is 0. The fourth-order valence-electron chi connectivity index (χ4n) is 1.55. The minimum atomic E-state index is -0.470. The second-order valence-electron chi connectivity index (χ2n) is 3.81. The van der Waals surface area contributed by atoms with Crippen LogP contribution in [0.4, 0.5) is 5.69 Å². The van der Waals surface area contributed by atoms with Crippen molar-refractivity contribution in [2.24, 2.45) is 5.73 Å². The zero-order valence-corrected chi connectivity index (χ0v) is 11.4. The lowest BCUT2D eigenvalue weighted by atomic mass is 10.2. The Kier molecular flexibility index (Phi) is 4.41. The standard InChI is InChI=1S/C11H11ClN4O2S/c12-7-3-4-8(9(6-7)16(17)18)11-15-14-10(19-11)2-1-5-13/h3-4,6H,1-2,5,13H2. The van der Waals surface area contributed by atoms with Crippen LogP contribution in [-0.2, 0) is 6.42 Å². The fourth-order valence-corrected chi connectivity index (χ4v) is 2.64. The predicted molar refractivity (Wildman–Crippen MR) is 74.4 cm³/mol. The van der Waals surface area contributed by atoms with Crippen LogP contribution in [0.3, 0.4) is 0 Å². The van der Waals surface area contributed by atoms with E-state index in [1.165, 1.54) is 17.4 Å². The maximum atomic E-state index is 11.0. The van der Waals surface area contributed by atoms with Crippen LogP contribution < -0.4 is 5.73 Å². The van der Waals surface area contributed by atoms with Crippen LogP contribution in [0.1, 0.15) is 11.4 Å². The molecule has 0 unspecified atom stereocenters. The van der Waals surface area contributed by atoms with Gasteiger partial charge in [0.2, 0.25) is 0 Å². The van der Waals surface area contributed by atoms with Crippen molar-refractivity contribution in [3.8, 4) is 10.6 Å². The van der Waals surface area contributed by atoms with Gasteiger partial charge < -0.3 is 5.73 Å². The molecule has 0 aliphatic heterocycles. The number of rotatable bonds is 5. The van der Waals surface area contributed by atoms with Crippen LogP contribution in [0.2, 0.25) is 5.02 Å². The van der Waals surface area contributed by atoms with Gasteiger partial charge in [-0.15, -0.1) is 10.2 Å². The van der Waals surface area contributed by atoms with Crippen molar-refractivity contribution in [3.05, 3.63) is 38.3 Å². The number of benzene rings is 1. The molecule has 19 heavy (non-hydrogen) atoms. The van der Waals surface area contributed by atoms with E-state index in [0.29, 0.717) is 22.1 Å². The Hall–Kier alpha value is -1.57. The van der Waals surface area contributed by atoms with Gasteiger partial charge in [0, 0.05) is 17.5 Å². The Balaban J connectivity index is 2.36. The molecule has 0 aliphatic carbocycles. The average Bonchev–Trinajstić information content (AvgIpc) is 2.84. The van der Waals surface area contributed by atoms with Crippen LogP contribution in [0.15, 0.2) is 18.2 Å². The predicted octanol–water partition coefficient (Wildman–Crippen LogP) is 2.66. The van der Waals surface area contributed by atoms with Gasteiger partial charge in [-0.2, -0.15) is 0 Å². The van der Waals surface area contributed by atoms with Gasteiger partial charge in [-0.25, -0.2) is 0 Å². The van der Waals surface area contributed by atoms with E-state index in [2.05, 4.69) is 10.2 Å². The van der Waals surface area contributed by atoms with Gasteiger partial charge in [0.25, 0.3) is 5.69 Å². The van der Waals surface area contributed by atoms with Crippen LogP contribution >= 0.6 is 22.9 Å². The number of nitrogens with zero attached hydrogens (tertiary/aromatic N) is 3. The Morgan fingerprint density at radius 3 is 2.89 bits per heavy atom. The number of hydrogen-bond donors (Lipinski definition) is 1. The second-order valence-corrected chi connectivity index (χ2v) is 5.31. The number of aromatic nitrogens is 2. The van der Waals surface area contributed by atoms with Gasteiger partial charge in [-0.05, 0) is 25.1 Å². The largest absolute Gasteiger partial charge is 0.330 e.